The molecule has 0 bridgehead atoms. The van der Waals surface area contributed by atoms with Crippen molar-refractivity contribution in [2.45, 2.75) is 18.9 Å². The molecule has 1 aliphatic rings. The third-order valence-electron chi connectivity index (χ3n) is 2.14. The molecule has 1 aromatic rings. The van der Waals surface area contributed by atoms with E-state index in [1.54, 1.807) is 6.07 Å². The normalized spacial score (nSPS) is 21.9. The van der Waals surface area contributed by atoms with Gasteiger partial charge in [0.25, 0.3) is 0 Å². The number of thioether (sulfide) groups is 1. The van der Waals surface area contributed by atoms with Gasteiger partial charge in [-0.1, -0.05) is 11.6 Å². The SMILES string of the molecule is Clc1ccc(NC2CCCSC2)nn1. The summed E-state index contributed by atoms with van der Waals surface area (Å²) in [4.78, 5) is 0. The number of nitrogens with one attached hydrogen (secondary N) is 1. The van der Waals surface area contributed by atoms with Crippen LogP contribution < -0.4 is 5.32 Å². The van der Waals surface area contributed by atoms with E-state index >= 15 is 0 Å². The second-order valence-corrected chi connectivity index (χ2v) is 4.84. The predicted octanol–water partition coefficient (Wildman–Crippen LogP) is 2.44. The van der Waals surface area contributed by atoms with Gasteiger partial charge in [-0.15, -0.1) is 10.2 Å². The number of anilines is 1. The monoisotopic (exact) mass is 229 g/mol. The first kappa shape index (κ1) is 10.1. The lowest BCUT2D eigenvalue weighted by Crippen LogP contribution is -2.26. The molecule has 1 aromatic heterocycles. The van der Waals surface area contributed by atoms with Crippen molar-refractivity contribution in [1.29, 1.82) is 0 Å². The molecule has 2 heterocycles. The van der Waals surface area contributed by atoms with Gasteiger partial charge in [0.1, 0.15) is 5.82 Å². The van der Waals surface area contributed by atoms with E-state index < -0.39 is 0 Å². The third kappa shape index (κ3) is 2.75. The van der Waals surface area contributed by atoms with Gasteiger partial charge in [0.15, 0.2) is 5.15 Å². The van der Waals surface area contributed by atoms with E-state index in [-0.39, 0.29) is 0 Å². The Morgan fingerprint density at radius 3 is 3.00 bits per heavy atom. The first-order chi connectivity index (χ1) is 6.84. The Kier molecular flexibility index (Phi) is 3.48. The zero-order valence-electron chi connectivity index (χ0n) is 7.74. The van der Waals surface area contributed by atoms with Gasteiger partial charge in [-0.3, -0.25) is 0 Å². The molecule has 1 aliphatic heterocycles. The van der Waals surface area contributed by atoms with Crippen molar-refractivity contribution < 1.29 is 0 Å². The molecular formula is C9H12ClN3S. The van der Waals surface area contributed by atoms with Crippen LogP contribution in [0.3, 0.4) is 0 Å². The van der Waals surface area contributed by atoms with Gasteiger partial charge in [-0.2, -0.15) is 11.8 Å². The molecule has 2 rings (SSSR count). The van der Waals surface area contributed by atoms with Gasteiger partial charge in [0.05, 0.1) is 0 Å². The van der Waals surface area contributed by atoms with Crippen LogP contribution in [-0.4, -0.2) is 27.7 Å². The molecular weight excluding hydrogens is 218 g/mol. The summed E-state index contributed by atoms with van der Waals surface area (Å²) in [6.07, 6.45) is 2.50. The average molecular weight is 230 g/mol. The van der Waals surface area contributed by atoms with Crippen molar-refractivity contribution in [2.75, 3.05) is 16.8 Å². The van der Waals surface area contributed by atoms with Crippen molar-refractivity contribution in [3.8, 4) is 0 Å². The summed E-state index contributed by atoms with van der Waals surface area (Å²) in [5.74, 6) is 3.26. The highest BCUT2D eigenvalue weighted by atomic mass is 35.5. The molecule has 1 N–H and O–H groups in total. The van der Waals surface area contributed by atoms with E-state index in [9.17, 15) is 0 Å². The van der Waals surface area contributed by atoms with Crippen LogP contribution in [-0.2, 0) is 0 Å². The highest BCUT2D eigenvalue weighted by molar-refractivity contribution is 7.99. The quantitative estimate of drug-likeness (QED) is 0.846. The average Bonchev–Trinajstić information content (AvgIpc) is 2.23. The second-order valence-electron chi connectivity index (χ2n) is 3.30. The standard InChI is InChI=1S/C9H12ClN3S/c10-8-3-4-9(13-12-8)11-7-2-1-5-14-6-7/h3-4,7H,1-2,5-6H2,(H,11,13). The fourth-order valence-corrected chi connectivity index (χ4v) is 2.63. The lowest BCUT2D eigenvalue weighted by molar-refractivity contribution is 0.680. The fourth-order valence-electron chi connectivity index (χ4n) is 1.46. The number of halogens is 1. The van der Waals surface area contributed by atoms with Crippen molar-refractivity contribution >= 4 is 29.2 Å². The Hall–Kier alpha value is -0.480. The second kappa shape index (κ2) is 4.84. The van der Waals surface area contributed by atoms with Crippen LogP contribution >= 0.6 is 23.4 Å². The maximum atomic E-state index is 5.65. The summed E-state index contributed by atoms with van der Waals surface area (Å²) in [5, 5.41) is 11.6. The third-order valence-corrected chi connectivity index (χ3v) is 3.56. The van der Waals surface area contributed by atoms with Crippen molar-refractivity contribution in [2.24, 2.45) is 0 Å². The summed E-state index contributed by atoms with van der Waals surface area (Å²) in [6, 6.07) is 4.16. The molecule has 1 unspecified atom stereocenters. The zero-order valence-corrected chi connectivity index (χ0v) is 9.31. The van der Waals surface area contributed by atoms with Crippen LogP contribution in [0.15, 0.2) is 12.1 Å². The molecule has 0 aromatic carbocycles. The van der Waals surface area contributed by atoms with E-state index in [4.69, 9.17) is 11.6 Å². The van der Waals surface area contributed by atoms with Gasteiger partial charge in [-0.25, -0.2) is 0 Å². The van der Waals surface area contributed by atoms with Crippen LogP contribution in [0.5, 0.6) is 0 Å². The Balaban J connectivity index is 1.92. The highest BCUT2D eigenvalue weighted by Gasteiger charge is 2.13. The molecule has 14 heavy (non-hydrogen) atoms. The maximum Gasteiger partial charge on any atom is 0.151 e. The molecule has 0 saturated carbocycles. The summed E-state index contributed by atoms with van der Waals surface area (Å²) in [6.45, 7) is 0. The van der Waals surface area contributed by atoms with Gasteiger partial charge in [0, 0.05) is 11.8 Å². The molecule has 0 amide bonds. The number of rotatable bonds is 2. The van der Waals surface area contributed by atoms with E-state index in [1.165, 1.54) is 18.6 Å². The number of nitrogens with zero attached hydrogens (tertiary/aromatic N) is 2. The zero-order chi connectivity index (χ0) is 9.80. The molecule has 0 aliphatic carbocycles. The Bertz CT molecular complexity index is 285. The van der Waals surface area contributed by atoms with Crippen molar-refractivity contribution in [3.63, 3.8) is 0 Å². The van der Waals surface area contributed by atoms with Crippen molar-refractivity contribution in [3.05, 3.63) is 17.3 Å². The number of hydrogen-bond donors (Lipinski definition) is 1. The van der Waals surface area contributed by atoms with E-state index in [0.29, 0.717) is 11.2 Å². The number of hydrogen-bond acceptors (Lipinski definition) is 4. The summed E-state index contributed by atoms with van der Waals surface area (Å²) in [7, 11) is 0. The van der Waals surface area contributed by atoms with Gasteiger partial charge < -0.3 is 5.32 Å². The minimum atomic E-state index is 0.438. The van der Waals surface area contributed by atoms with E-state index in [1.807, 2.05) is 17.8 Å². The van der Waals surface area contributed by atoms with Gasteiger partial charge in [0.2, 0.25) is 0 Å². The lowest BCUT2D eigenvalue weighted by atomic mass is 10.2. The first-order valence-corrected chi connectivity index (χ1v) is 6.21. The minimum absolute atomic E-state index is 0.438. The summed E-state index contributed by atoms with van der Waals surface area (Å²) in [5.41, 5.74) is 0. The molecule has 1 saturated heterocycles. The lowest BCUT2D eigenvalue weighted by Gasteiger charge is -2.22. The molecule has 0 spiro atoms. The van der Waals surface area contributed by atoms with E-state index in [0.717, 1.165) is 11.6 Å². The predicted molar refractivity (Wildman–Crippen MR) is 61.0 cm³/mol. The largest absolute Gasteiger partial charge is 0.365 e. The maximum absolute atomic E-state index is 5.65. The van der Waals surface area contributed by atoms with Crippen LogP contribution in [0.4, 0.5) is 5.82 Å². The van der Waals surface area contributed by atoms with E-state index in [2.05, 4.69) is 15.5 Å². The molecule has 76 valence electrons. The molecule has 3 nitrogen and oxygen atoms in total. The summed E-state index contributed by atoms with van der Waals surface area (Å²) < 4.78 is 0. The first-order valence-electron chi connectivity index (χ1n) is 4.68. The Morgan fingerprint density at radius 2 is 2.36 bits per heavy atom. The van der Waals surface area contributed by atoms with Gasteiger partial charge in [-0.05, 0) is 30.7 Å². The van der Waals surface area contributed by atoms with Crippen LogP contribution in [0.2, 0.25) is 5.15 Å². The van der Waals surface area contributed by atoms with Gasteiger partial charge >= 0.3 is 0 Å². The fraction of sp³-hybridized carbons (Fsp3) is 0.556. The summed E-state index contributed by atoms with van der Waals surface area (Å²) >= 11 is 7.64. The van der Waals surface area contributed by atoms with Crippen molar-refractivity contribution in [1.82, 2.24) is 10.2 Å². The van der Waals surface area contributed by atoms with Crippen LogP contribution in [0.1, 0.15) is 12.8 Å². The Labute approximate surface area is 92.6 Å². The topological polar surface area (TPSA) is 37.8 Å². The minimum Gasteiger partial charge on any atom is -0.365 e. The Morgan fingerprint density at radius 1 is 1.43 bits per heavy atom. The molecule has 1 atom stereocenters. The number of aromatic nitrogens is 2. The molecule has 1 fully saturated rings. The van der Waals surface area contributed by atoms with Crippen LogP contribution in [0.25, 0.3) is 0 Å². The molecule has 5 heteroatoms. The smallest absolute Gasteiger partial charge is 0.151 e. The van der Waals surface area contributed by atoms with Crippen LogP contribution in [0, 0.1) is 0 Å². The highest BCUT2D eigenvalue weighted by Crippen LogP contribution is 2.19. The molecule has 0 radical (unpaired) electrons.